The number of hydrogen-bond acceptors (Lipinski definition) is 2. The van der Waals surface area contributed by atoms with E-state index in [2.05, 4.69) is 30.3 Å². The highest BCUT2D eigenvalue weighted by atomic mass is 16.5. The van der Waals surface area contributed by atoms with Crippen LogP contribution in [0, 0.1) is 0 Å². The van der Waals surface area contributed by atoms with E-state index in [-0.39, 0.29) is 0 Å². The van der Waals surface area contributed by atoms with Crippen molar-refractivity contribution >= 4 is 10.8 Å². The maximum absolute atomic E-state index is 8.70. The molecule has 0 aliphatic heterocycles. The average Bonchev–Trinajstić information content (AvgIpc) is 2.50. The summed E-state index contributed by atoms with van der Waals surface area (Å²) in [6.07, 6.45) is 6.83. The average molecular weight is 272 g/mol. The van der Waals surface area contributed by atoms with E-state index in [0.29, 0.717) is 6.61 Å². The molecule has 2 heteroatoms. The maximum atomic E-state index is 8.70. The van der Waals surface area contributed by atoms with Gasteiger partial charge in [-0.2, -0.15) is 0 Å². The van der Waals surface area contributed by atoms with Gasteiger partial charge in [-0.15, -0.1) is 0 Å². The second-order valence-electron chi connectivity index (χ2n) is 5.17. The number of hydrogen-bond donors (Lipinski definition) is 1. The Morgan fingerprint density at radius 2 is 1.45 bits per heavy atom. The molecule has 0 saturated heterocycles. The third kappa shape index (κ3) is 4.53. The van der Waals surface area contributed by atoms with Crippen molar-refractivity contribution in [2.75, 3.05) is 13.2 Å². The lowest BCUT2D eigenvalue weighted by atomic mass is 10.1. The first kappa shape index (κ1) is 14.9. The van der Waals surface area contributed by atoms with Crippen molar-refractivity contribution in [3.63, 3.8) is 0 Å². The van der Waals surface area contributed by atoms with E-state index in [1.54, 1.807) is 0 Å². The number of fused-ring (bicyclic) bond motifs is 1. The Labute approximate surface area is 121 Å². The number of aliphatic hydroxyl groups is 1. The van der Waals surface area contributed by atoms with E-state index in [1.165, 1.54) is 30.0 Å². The van der Waals surface area contributed by atoms with E-state index in [4.69, 9.17) is 9.84 Å². The Morgan fingerprint density at radius 1 is 0.750 bits per heavy atom. The molecule has 2 aromatic rings. The second kappa shape index (κ2) is 8.60. The monoisotopic (exact) mass is 272 g/mol. The summed E-state index contributed by atoms with van der Waals surface area (Å²) in [4.78, 5) is 0. The molecule has 0 saturated carbocycles. The predicted molar refractivity (Wildman–Crippen MR) is 84.2 cm³/mol. The molecule has 108 valence electrons. The molecule has 0 unspecified atom stereocenters. The molecule has 2 rings (SSSR count). The van der Waals surface area contributed by atoms with Gasteiger partial charge in [0.2, 0.25) is 0 Å². The Hall–Kier alpha value is -1.54. The van der Waals surface area contributed by atoms with E-state index in [9.17, 15) is 0 Å². The van der Waals surface area contributed by atoms with Crippen LogP contribution in [0.15, 0.2) is 42.5 Å². The molecule has 0 aromatic heterocycles. The van der Waals surface area contributed by atoms with E-state index in [0.717, 1.165) is 31.6 Å². The molecule has 2 aromatic carbocycles. The van der Waals surface area contributed by atoms with Crippen molar-refractivity contribution in [2.45, 2.75) is 38.5 Å². The van der Waals surface area contributed by atoms with Gasteiger partial charge in [0.15, 0.2) is 0 Å². The van der Waals surface area contributed by atoms with Crippen LogP contribution in [-0.2, 0) is 0 Å². The van der Waals surface area contributed by atoms with E-state index >= 15 is 0 Å². The fourth-order valence-electron chi connectivity index (χ4n) is 2.42. The molecule has 0 spiro atoms. The van der Waals surface area contributed by atoms with Gasteiger partial charge in [0.05, 0.1) is 6.61 Å². The Kier molecular flexibility index (Phi) is 6.39. The van der Waals surface area contributed by atoms with Crippen LogP contribution in [0.4, 0.5) is 0 Å². The predicted octanol–water partition coefficient (Wildman–Crippen LogP) is 4.55. The Bertz CT molecular complexity index is 502. The highest BCUT2D eigenvalue weighted by Crippen LogP contribution is 2.25. The van der Waals surface area contributed by atoms with Gasteiger partial charge in [-0.25, -0.2) is 0 Å². The van der Waals surface area contributed by atoms with E-state index in [1.807, 2.05) is 12.1 Å². The van der Waals surface area contributed by atoms with Crippen LogP contribution in [0.1, 0.15) is 38.5 Å². The van der Waals surface area contributed by atoms with Crippen LogP contribution in [-0.4, -0.2) is 18.3 Å². The molecule has 0 aliphatic rings. The molecular weight excluding hydrogens is 248 g/mol. The minimum Gasteiger partial charge on any atom is -0.493 e. The van der Waals surface area contributed by atoms with Crippen LogP contribution in [0.2, 0.25) is 0 Å². The highest BCUT2D eigenvalue weighted by molar-refractivity contribution is 5.88. The molecule has 20 heavy (non-hydrogen) atoms. The lowest BCUT2D eigenvalue weighted by molar-refractivity contribution is 0.280. The lowest BCUT2D eigenvalue weighted by Crippen LogP contribution is -1.97. The molecular formula is C18H24O2. The summed E-state index contributed by atoms with van der Waals surface area (Å²) in [5, 5.41) is 11.1. The van der Waals surface area contributed by atoms with Crippen molar-refractivity contribution in [3.8, 4) is 5.75 Å². The largest absolute Gasteiger partial charge is 0.493 e. The fourth-order valence-corrected chi connectivity index (χ4v) is 2.42. The van der Waals surface area contributed by atoms with Crippen LogP contribution in [0.25, 0.3) is 10.8 Å². The van der Waals surface area contributed by atoms with E-state index < -0.39 is 0 Å². The molecule has 2 nitrogen and oxygen atoms in total. The molecule has 0 atom stereocenters. The summed E-state index contributed by atoms with van der Waals surface area (Å²) in [6, 6.07) is 14.5. The third-order valence-electron chi connectivity index (χ3n) is 3.56. The third-order valence-corrected chi connectivity index (χ3v) is 3.56. The zero-order valence-corrected chi connectivity index (χ0v) is 12.1. The molecule has 0 heterocycles. The number of ether oxygens (including phenoxy) is 1. The Morgan fingerprint density at radius 3 is 2.30 bits per heavy atom. The number of aliphatic hydroxyl groups excluding tert-OH is 1. The number of benzene rings is 2. The molecule has 0 bridgehead atoms. The standard InChI is InChI=1S/C18H24O2/c19-14-7-3-1-2-4-8-15-20-18-13-9-11-16-10-5-6-12-17(16)18/h5-6,9-13,19H,1-4,7-8,14-15H2. The summed E-state index contributed by atoms with van der Waals surface area (Å²) in [6.45, 7) is 1.11. The first-order valence-electron chi connectivity index (χ1n) is 7.63. The first-order chi connectivity index (χ1) is 9.92. The normalized spacial score (nSPS) is 10.8. The van der Waals surface area contributed by atoms with Crippen molar-refractivity contribution < 1.29 is 9.84 Å². The summed E-state index contributed by atoms with van der Waals surface area (Å²) < 4.78 is 5.91. The fraction of sp³-hybridized carbons (Fsp3) is 0.444. The minimum absolute atomic E-state index is 0.324. The van der Waals surface area contributed by atoms with Crippen LogP contribution < -0.4 is 4.74 Å². The molecule has 0 amide bonds. The molecule has 0 fully saturated rings. The first-order valence-corrected chi connectivity index (χ1v) is 7.63. The highest BCUT2D eigenvalue weighted by Gasteiger charge is 2.00. The molecule has 0 aliphatic carbocycles. The number of unbranched alkanes of at least 4 members (excludes halogenated alkanes) is 5. The topological polar surface area (TPSA) is 29.5 Å². The minimum atomic E-state index is 0.324. The zero-order valence-electron chi connectivity index (χ0n) is 12.1. The van der Waals surface area contributed by atoms with Crippen LogP contribution in [0.5, 0.6) is 5.75 Å². The quantitative estimate of drug-likeness (QED) is 0.678. The SMILES string of the molecule is OCCCCCCCCOc1cccc2ccccc12. The maximum Gasteiger partial charge on any atom is 0.127 e. The van der Waals surface area contributed by atoms with Gasteiger partial charge in [-0.05, 0) is 24.3 Å². The van der Waals surface area contributed by atoms with Gasteiger partial charge in [0.25, 0.3) is 0 Å². The summed E-state index contributed by atoms with van der Waals surface area (Å²) in [5.41, 5.74) is 0. The Balaban J connectivity index is 1.71. The van der Waals surface area contributed by atoms with Crippen molar-refractivity contribution in [1.29, 1.82) is 0 Å². The smallest absolute Gasteiger partial charge is 0.127 e. The van der Waals surface area contributed by atoms with Gasteiger partial charge < -0.3 is 9.84 Å². The lowest BCUT2D eigenvalue weighted by Gasteiger charge is -2.09. The molecule has 1 N–H and O–H groups in total. The zero-order chi connectivity index (χ0) is 14.0. The van der Waals surface area contributed by atoms with Gasteiger partial charge >= 0.3 is 0 Å². The van der Waals surface area contributed by atoms with Crippen LogP contribution >= 0.6 is 0 Å². The number of rotatable bonds is 9. The van der Waals surface area contributed by atoms with Crippen LogP contribution in [0.3, 0.4) is 0 Å². The second-order valence-corrected chi connectivity index (χ2v) is 5.17. The van der Waals surface area contributed by atoms with Gasteiger partial charge in [0.1, 0.15) is 5.75 Å². The van der Waals surface area contributed by atoms with Gasteiger partial charge in [-0.1, -0.05) is 62.1 Å². The van der Waals surface area contributed by atoms with Crippen molar-refractivity contribution in [1.82, 2.24) is 0 Å². The van der Waals surface area contributed by atoms with Gasteiger partial charge in [-0.3, -0.25) is 0 Å². The van der Waals surface area contributed by atoms with Crippen molar-refractivity contribution in [3.05, 3.63) is 42.5 Å². The van der Waals surface area contributed by atoms with Crippen molar-refractivity contribution in [2.24, 2.45) is 0 Å². The summed E-state index contributed by atoms with van der Waals surface area (Å²) in [7, 11) is 0. The molecule has 0 radical (unpaired) electrons. The van der Waals surface area contributed by atoms with Gasteiger partial charge in [0, 0.05) is 12.0 Å². The summed E-state index contributed by atoms with van der Waals surface area (Å²) >= 11 is 0. The summed E-state index contributed by atoms with van der Waals surface area (Å²) in [5.74, 6) is 0.989.